The van der Waals surface area contributed by atoms with E-state index in [9.17, 15) is 13.2 Å². The van der Waals surface area contributed by atoms with Crippen molar-refractivity contribution in [2.75, 3.05) is 18.4 Å². The molecule has 3 rings (SSSR count). The third-order valence-electron chi connectivity index (χ3n) is 5.30. The van der Waals surface area contributed by atoms with Crippen LogP contribution in [-0.4, -0.2) is 41.5 Å². The van der Waals surface area contributed by atoms with Gasteiger partial charge in [0.05, 0.1) is 27.7 Å². The van der Waals surface area contributed by atoms with Crippen molar-refractivity contribution in [3.05, 3.63) is 71.0 Å². The van der Waals surface area contributed by atoms with Crippen LogP contribution in [0.25, 0.3) is 5.69 Å². The van der Waals surface area contributed by atoms with E-state index in [0.29, 0.717) is 30.0 Å². The fourth-order valence-electron chi connectivity index (χ4n) is 3.55. The van der Waals surface area contributed by atoms with E-state index in [-0.39, 0.29) is 16.4 Å². The Balaban J connectivity index is 1.95. The van der Waals surface area contributed by atoms with Gasteiger partial charge in [-0.3, -0.25) is 4.79 Å². The molecule has 0 aliphatic rings. The highest BCUT2D eigenvalue weighted by Gasteiger charge is 2.25. The van der Waals surface area contributed by atoms with Gasteiger partial charge in [0.2, 0.25) is 10.0 Å². The lowest BCUT2D eigenvalue weighted by atomic mass is 10.1. The highest BCUT2D eigenvalue weighted by molar-refractivity contribution is 7.89. The molecule has 8 heteroatoms. The predicted molar refractivity (Wildman–Crippen MR) is 122 cm³/mol. The minimum absolute atomic E-state index is 0.150. The maximum Gasteiger partial charge on any atom is 0.255 e. The Morgan fingerprint density at radius 3 is 2.29 bits per heavy atom. The van der Waals surface area contributed by atoms with Gasteiger partial charge in [0.15, 0.2) is 0 Å². The van der Waals surface area contributed by atoms with Crippen molar-refractivity contribution in [2.45, 2.75) is 39.5 Å². The normalized spacial score (nSPS) is 11.7. The van der Waals surface area contributed by atoms with Gasteiger partial charge < -0.3 is 5.32 Å². The Morgan fingerprint density at radius 2 is 1.68 bits per heavy atom. The summed E-state index contributed by atoms with van der Waals surface area (Å²) in [6.45, 7) is 9.76. The summed E-state index contributed by atoms with van der Waals surface area (Å²) >= 11 is 0. The van der Waals surface area contributed by atoms with E-state index in [1.807, 2.05) is 44.2 Å². The van der Waals surface area contributed by atoms with Gasteiger partial charge in [-0.05, 0) is 50.6 Å². The third kappa shape index (κ3) is 4.40. The van der Waals surface area contributed by atoms with Crippen LogP contribution in [0, 0.1) is 20.8 Å². The van der Waals surface area contributed by atoms with Crippen molar-refractivity contribution in [3.63, 3.8) is 0 Å². The van der Waals surface area contributed by atoms with Gasteiger partial charge in [-0.1, -0.05) is 38.1 Å². The maximum atomic E-state index is 13.0. The fourth-order valence-corrected chi connectivity index (χ4v) is 5.26. The number of para-hydroxylation sites is 1. The molecular formula is C23H28N4O3S. The average molecular weight is 441 g/mol. The standard InChI is InChI=1S/C23H28N4O3S/c1-6-26(7-2)31(29,30)21-15-19(14-13-16(21)3)23(28)24-22-17(4)25-27(18(22)5)20-11-9-8-10-12-20/h8-15H,6-7H2,1-5H3,(H,24,28). The quantitative estimate of drug-likeness (QED) is 0.600. The number of nitrogens with zero attached hydrogens (tertiary/aromatic N) is 3. The van der Waals surface area contributed by atoms with Gasteiger partial charge in [0.25, 0.3) is 5.91 Å². The molecule has 0 fully saturated rings. The summed E-state index contributed by atoms with van der Waals surface area (Å²) in [5, 5.41) is 7.45. The second-order valence-corrected chi connectivity index (χ2v) is 9.22. The molecule has 0 spiro atoms. The molecule has 0 aliphatic carbocycles. The van der Waals surface area contributed by atoms with E-state index < -0.39 is 10.0 Å². The van der Waals surface area contributed by atoms with Crippen LogP contribution in [0.4, 0.5) is 5.69 Å². The second kappa shape index (κ2) is 9.03. The predicted octanol–water partition coefficient (Wildman–Crippen LogP) is 4.08. The Bertz CT molecular complexity index is 1200. The summed E-state index contributed by atoms with van der Waals surface area (Å²) in [4.78, 5) is 13.2. The van der Waals surface area contributed by atoms with Gasteiger partial charge in [-0.25, -0.2) is 13.1 Å². The van der Waals surface area contributed by atoms with Crippen LogP contribution in [0.1, 0.15) is 41.2 Å². The van der Waals surface area contributed by atoms with Crippen LogP contribution < -0.4 is 5.32 Å². The first-order valence-electron chi connectivity index (χ1n) is 10.2. The fraction of sp³-hybridized carbons (Fsp3) is 0.304. The molecule has 0 unspecified atom stereocenters. The van der Waals surface area contributed by atoms with Crippen molar-refractivity contribution in [1.29, 1.82) is 0 Å². The van der Waals surface area contributed by atoms with Crippen LogP contribution >= 0.6 is 0 Å². The minimum atomic E-state index is -3.67. The topological polar surface area (TPSA) is 84.3 Å². The summed E-state index contributed by atoms with van der Waals surface area (Å²) in [7, 11) is -3.67. The highest BCUT2D eigenvalue weighted by atomic mass is 32.2. The molecular weight excluding hydrogens is 412 g/mol. The number of hydrogen-bond donors (Lipinski definition) is 1. The zero-order chi connectivity index (χ0) is 22.8. The SMILES string of the molecule is CCN(CC)S(=O)(=O)c1cc(C(=O)Nc2c(C)nn(-c3ccccc3)c2C)ccc1C. The number of nitrogens with one attached hydrogen (secondary N) is 1. The molecule has 2 aromatic carbocycles. The monoisotopic (exact) mass is 440 g/mol. The van der Waals surface area contributed by atoms with Crippen LogP contribution in [-0.2, 0) is 10.0 Å². The molecule has 1 heterocycles. The van der Waals surface area contributed by atoms with E-state index in [1.54, 1.807) is 37.6 Å². The van der Waals surface area contributed by atoms with Crippen LogP contribution in [0.15, 0.2) is 53.4 Å². The molecule has 0 radical (unpaired) electrons. The third-order valence-corrected chi connectivity index (χ3v) is 7.50. The summed E-state index contributed by atoms with van der Waals surface area (Å²) in [5.41, 5.74) is 3.86. The van der Waals surface area contributed by atoms with E-state index >= 15 is 0 Å². The van der Waals surface area contributed by atoms with E-state index in [0.717, 1.165) is 11.4 Å². The largest absolute Gasteiger partial charge is 0.319 e. The molecule has 0 atom stereocenters. The van der Waals surface area contributed by atoms with E-state index in [2.05, 4.69) is 10.4 Å². The molecule has 0 aliphatic heterocycles. The van der Waals surface area contributed by atoms with E-state index in [4.69, 9.17) is 0 Å². The molecule has 0 saturated heterocycles. The van der Waals surface area contributed by atoms with Crippen molar-refractivity contribution < 1.29 is 13.2 Å². The van der Waals surface area contributed by atoms with Crippen LogP contribution in [0.2, 0.25) is 0 Å². The number of carbonyl (C=O) groups excluding carboxylic acids is 1. The Kier molecular flexibility index (Phi) is 6.62. The van der Waals surface area contributed by atoms with Gasteiger partial charge in [0, 0.05) is 18.7 Å². The van der Waals surface area contributed by atoms with Crippen molar-refractivity contribution in [2.24, 2.45) is 0 Å². The molecule has 31 heavy (non-hydrogen) atoms. The lowest BCUT2D eigenvalue weighted by Gasteiger charge is -2.20. The van der Waals surface area contributed by atoms with Gasteiger partial charge >= 0.3 is 0 Å². The first-order chi connectivity index (χ1) is 14.7. The number of carbonyl (C=O) groups is 1. The molecule has 164 valence electrons. The highest BCUT2D eigenvalue weighted by Crippen LogP contribution is 2.25. The zero-order valence-electron chi connectivity index (χ0n) is 18.5. The number of rotatable bonds is 7. The number of benzene rings is 2. The molecule has 0 saturated carbocycles. The maximum absolute atomic E-state index is 13.0. The van der Waals surface area contributed by atoms with Crippen molar-refractivity contribution >= 4 is 21.6 Å². The zero-order valence-corrected chi connectivity index (χ0v) is 19.3. The minimum Gasteiger partial charge on any atom is -0.319 e. The van der Waals surface area contributed by atoms with Crippen LogP contribution in [0.3, 0.4) is 0 Å². The van der Waals surface area contributed by atoms with Crippen molar-refractivity contribution in [3.8, 4) is 5.69 Å². The first kappa shape index (κ1) is 22.7. The Hall–Kier alpha value is -2.97. The molecule has 1 N–H and O–H groups in total. The lowest BCUT2D eigenvalue weighted by molar-refractivity contribution is 0.102. The van der Waals surface area contributed by atoms with Crippen LogP contribution in [0.5, 0.6) is 0 Å². The number of aromatic nitrogens is 2. The van der Waals surface area contributed by atoms with E-state index in [1.165, 1.54) is 10.4 Å². The van der Waals surface area contributed by atoms with Gasteiger partial charge in [-0.15, -0.1) is 0 Å². The summed E-state index contributed by atoms with van der Waals surface area (Å²) in [5.74, 6) is -0.380. The number of aryl methyl sites for hydroxylation is 2. The number of sulfonamides is 1. The summed E-state index contributed by atoms with van der Waals surface area (Å²) in [6, 6.07) is 14.4. The van der Waals surface area contributed by atoms with Gasteiger partial charge in [-0.2, -0.15) is 9.40 Å². The average Bonchev–Trinajstić information content (AvgIpc) is 3.03. The lowest BCUT2D eigenvalue weighted by Crippen LogP contribution is -2.31. The van der Waals surface area contributed by atoms with Crippen molar-refractivity contribution in [1.82, 2.24) is 14.1 Å². The summed E-state index contributed by atoms with van der Waals surface area (Å²) < 4.78 is 29.2. The number of amides is 1. The number of anilines is 1. The smallest absolute Gasteiger partial charge is 0.255 e. The molecule has 1 aromatic heterocycles. The number of hydrogen-bond acceptors (Lipinski definition) is 4. The molecule has 1 amide bonds. The molecule has 0 bridgehead atoms. The Labute approximate surface area is 183 Å². The Morgan fingerprint density at radius 1 is 1.03 bits per heavy atom. The first-order valence-corrected chi connectivity index (χ1v) is 11.7. The molecule has 7 nitrogen and oxygen atoms in total. The van der Waals surface area contributed by atoms with Gasteiger partial charge in [0.1, 0.15) is 0 Å². The summed E-state index contributed by atoms with van der Waals surface area (Å²) in [6.07, 6.45) is 0. The molecule has 3 aromatic rings. The second-order valence-electron chi connectivity index (χ2n) is 7.32.